The normalized spacial score (nSPS) is 11.8. The fourth-order valence-corrected chi connectivity index (χ4v) is 3.38. The lowest BCUT2D eigenvalue weighted by molar-refractivity contribution is -0.117. The predicted octanol–water partition coefficient (Wildman–Crippen LogP) is 4.23. The number of halogens is 1. The SMILES string of the molecule is Cc1sc(NC(=O)C(C)NC(=O)c2ccco2)nc1-c1ccc(Br)cc1. The van der Waals surface area contributed by atoms with E-state index in [4.69, 9.17) is 4.42 Å². The van der Waals surface area contributed by atoms with Crippen LogP contribution < -0.4 is 10.6 Å². The summed E-state index contributed by atoms with van der Waals surface area (Å²) in [5, 5.41) is 5.83. The summed E-state index contributed by atoms with van der Waals surface area (Å²) in [6, 6.07) is 10.2. The molecule has 2 N–H and O–H groups in total. The van der Waals surface area contributed by atoms with Crippen molar-refractivity contribution in [3.05, 3.63) is 57.8 Å². The number of nitrogens with one attached hydrogen (secondary N) is 2. The van der Waals surface area contributed by atoms with Crippen molar-refractivity contribution in [2.45, 2.75) is 19.9 Å². The van der Waals surface area contributed by atoms with Gasteiger partial charge in [-0.25, -0.2) is 4.98 Å². The largest absolute Gasteiger partial charge is 0.459 e. The Balaban J connectivity index is 1.67. The average molecular weight is 434 g/mol. The topological polar surface area (TPSA) is 84.2 Å². The standard InChI is InChI=1S/C18H16BrN3O3S/c1-10(20-17(24)14-4-3-9-25-14)16(23)22-18-21-15(11(2)26-18)12-5-7-13(19)8-6-12/h3-10H,1-2H3,(H,20,24)(H,21,22,23). The van der Waals surface area contributed by atoms with Crippen molar-refractivity contribution in [1.82, 2.24) is 10.3 Å². The lowest BCUT2D eigenvalue weighted by atomic mass is 10.1. The molecule has 6 nitrogen and oxygen atoms in total. The number of thiazole rings is 1. The smallest absolute Gasteiger partial charge is 0.287 e. The van der Waals surface area contributed by atoms with E-state index in [9.17, 15) is 9.59 Å². The van der Waals surface area contributed by atoms with Gasteiger partial charge in [0.25, 0.3) is 5.91 Å². The predicted molar refractivity (Wildman–Crippen MR) is 104 cm³/mol. The van der Waals surface area contributed by atoms with Gasteiger partial charge in [0.15, 0.2) is 10.9 Å². The van der Waals surface area contributed by atoms with Crippen molar-refractivity contribution in [3.8, 4) is 11.3 Å². The highest BCUT2D eigenvalue weighted by molar-refractivity contribution is 9.10. The van der Waals surface area contributed by atoms with Gasteiger partial charge in [-0.1, -0.05) is 28.1 Å². The molecule has 134 valence electrons. The van der Waals surface area contributed by atoms with E-state index < -0.39 is 11.9 Å². The quantitative estimate of drug-likeness (QED) is 0.630. The third-order valence-electron chi connectivity index (χ3n) is 3.63. The summed E-state index contributed by atoms with van der Waals surface area (Å²) in [6.45, 7) is 3.55. The van der Waals surface area contributed by atoms with E-state index in [1.54, 1.807) is 13.0 Å². The first-order valence-corrected chi connectivity index (χ1v) is 9.43. The van der Waals surface area contributed by atoms with Crippen LogP contribution in [0.15, 0.2) is 51.6 Å². The lowest BCUT2D eigenvalue weighted by Crippen LogP contribution is -2.41. The van der Waals surface area contributed by atoms with Crippen LogP contribution in [0, 0.1) is 6.92 Å². The van der Waals surface area contributed by atoms with Crippen molar-refractivity contribution in [2.24, 2.45) is 0 Å². The second kappa shape index (κ2) is 7.84. The van der Waals surface area contributed by atoms with E-state index >= 15 is 0 Å². The summed E-state index contributed by atoms with van der Waals surface area (Å²) >= 11 is 4.80. The molecule has 0 aliphatic carbocycles. The van der Waals surface area contributed by atoms with Crippen LogP contribution in [0.2, 0.25) is 0 Å². The van der Waals surface area contributed by atoms with Crippen LogP contribution >= 0.6 is 27.3 Å². The molecule has 0 spiro atoms. The zero-order valence-corrected chi connectivity index (χ0v) is 16.5. The van der Waals surface area contributed by atoms with E-state index in [0.717, 1.165) is 20.6 Å². The number of anilines is 1. The maximum atomic E-state index is 12.3. The highest BCUT2D eigenvalue weighted by Gasteiger charge is 2.20. The van der Waals surface area contributed by atoms with Crippen LogP contribution in [-0.4, -0.2) is 22.8 Å². The minimum Gasteiger partial charge on any atom is -0.459 e. The number of hydrogen-bond acceptors (Lipinski definition) is 5. The Kier molecular flexibility index (Phi) is 5.53. The Morgan fingerprint density at radius 2 is 1.96 bits per heavy atom. The zero-order chi connectivity index (χ0) is 18.7. The van der Waals surface area contributed by atoms with E-state index in [1.165, 1.54) is 23.7 Å². The van der Waals surface area contributed by atoms with Crippen LogP contribution in [0.25, 0.3) is 11.3 Å². The number of hydrogen-bond donors (Lipinski definition) is 2. The minimum absolute atomic E-state index is 0.160. The van der Waals surface area contributed by atoms with Gasteiger partial charge in [0.05, 0.1) is 12.0 Å². The zero-order valence-electron chi connectivity index (χ0n) is 14.1. The summed E-state index contributed by atoms with van der Waals surface area (Å²) in [5.41, 5.74) is 1.80. The average Bonchev–Trinajstić information content (AvgIpc) is 3.25. The number of amides is 2. The second-order valence-corrected chi connectivity index (χ2v) is 7.71. The summed E-state index contributed by atoms with van der Waals surface area (Å²) in [4.78, 5) is 29.8. The van der Waals surface area contributed by atoms with E-state index in [0.29, 0.717) is 5.13 Å². The van der Waals surface area contributed by atoms with Gasteiger partial charge in [-0.15, -0.1) is 11.3 Å². The maximum Gasteiger partial charge on any atom is 0.287 e. The fourth-order valence-electron chi connectivity index (χ4n) is 2.28. The van der Waals surface area contributed by atoms with Crippen molar-refractivity contribution < 1.29 is 14.0 Å². The number of aryl methyl sites for hydroxylation is 1. The molecule has 1 unspecified atom stereocenters. The van der Waals surface area contributed by atoms with E-state index in [2.05, 4.69) is 31.5 Å². The number of furan rings is 1. The first-order valence-electron chi connectivity index (χ1n) is 7.82. The monoisotopic (exact) mass is 433 g/mol. The molecule has 0 bridgehead atoms. The third-order valence-corrected chi connectivity index (χ3v) is 5.05. The maximum absolute atomic E-state index is 12.3. The summed E-state index contributed by atoms with van der Waals surface area (Å²) in [5.74, 6) is -0.628. The Bertz CT molecular complexity index is 920. The van der Waals surface area contributed by atoms with Crippen LogP contribution in [0.5, 0.6) is 0 Å². The molecule has 1 aromatic carbocycles. The van der Waals surface area contributed by atoms with E-state index in [1.807, 2.05) is 31.2 Å². The van der Waals surface area contributed by atoms with E-state index in [-0.39, 0.29) is 11.7 Å². The molecule has 26 heavy (non-hydrogen) atoms. The Labute approximate surface area is 162 Å². The Morgan fingerprint density at radius 1 is 1.23 bits per heavy atom. The van der Waals surface area contributed by atoms with Crippen LogP contribution in [0.1, 0.15) is 22.4 Å². The molecule has 8 heteroatoms. The number of nitrogens with zero attached hydrogens (tertiary/aromatic N) is 1. The van der Waals surface area contributed by atoms with Crippen molar-refractivity contribution in [1.29, 1.82) is 0 Å². The van der Waals surface area contributed by atoms with Crippen molar-refractivity contribution in [2.75, 3.05) is 5.32 Å². The van der Waals surface area contributed by atoms with Gasteiger partial charge in [0.2, 0.25) is 5.91 Å². The molecular formula is C18H16BrN3O3S. The van der Waals surface area contributed by atoms with Gasteiger partial charge in [-0.3, -0.25) is 9.59 Å². The Morgan fingerprint density at radius 3 is 2.62 bits per heavy atom. The summed E-state index contributed by atoms with van der Waals surface area (Å²) in [6.07, 6.45) is 1.40. The van der Waals surface area contributed by atoms with Gasteiger partial charge in [-0.05, 0) is 38.1 Å². The van der Waals surface area contributed by atoms with Gasteiger partial charge in [-0.2, -0.15) is 0 Å². The molecule has 0 aliphatic rings. The number of aromatic nitrogens is 1. The molecule has 0 fully saturated rings. The number of carbonyl (C=O) groups excluding carboxylic acids is 2. The second-order valence-electron chi connectivity index (χ2n) is 5.59. The molecule has 1 atom stereocenters. The highest BCUT2D eigenvalue weighted by Crippen LogP contribution is 2.31. The lowest BCUT2D eigenvalue weighted by Gasteiger charge is -2.11. The molecule has 0 saturated heterocycles. The Hall–Kier alpha value is -2.45. The number of carbonyl (C=O) groups is 2. The van der Waals surface area contributed by atoms with Crippen molar-refractivity contribution >= 4 is 44.2 Å². The molecular weight excluding hydrogens is 418 g/mol. The van der Waals surface area contributed by atoms with Gasteiger partial charge < -0.3 is 15.1 Å². The van der Waals surface area contributed by atoms with Crippen molar-refractivity contribution in [3.63, 3.8) is 0 Å². The highest BCUT2D eigenvalue weighted by atomic mass is 79.9. The summed E-state index contributed by atoms with van der Waals surface area (Å²) < 4.78 is 6.00. The first-order chi connectivity index (χ1) is 12.4. The molecule has 2 amide bonds. The van der Waals surface area contributed by atoms with Gasteiger partial charge >= 0.3 is 0 Å². The molecule has 3 aromatic rings. The van der Waals surface area contributed by atoms with Crippen LogP contribution in [-0.2, 0) is 4.79 Å². The molecule has 2 heterocycles. The number of benzene rings is 1. The molecule has 3 rings (SSSR count). The van der Waals surface area contributed by atoms with Gasteiger partial charge in [0.1, 0.15) is 6.04 Å². The molecule has 0 saturated carbocycles. The molecule has 0 radical (unpaired) electrons. The molecule has 0 aliphatic heterocycles. The first kappa shape index (κ1) is 18.3. The minimum atomic E-state index is -0.729. The van der Waals surface area contributed by atoms with Gasteiger partial charge in [0, 0.05) is 14.9 Å². The number of rotatable bonds is 5. The fraction of sp³-hybridized carbons (Fsp3) is 0.167. The third kappa shape index (κ3) is 4.20. The van der Waals surface area contributed by atoms with Crippen LogP contribution in [0.3, 0.4) is 0 Å². The molecule has 2 aromatic heterocycles. The van der Waals surface area contributed by atoms with Crippen LogP contribution in [0.4, 0.5) is 5.13 Å². The summed E-state index contributed by atoms with van der Waals surface area (Å²) in [7, 11) is 0.